The standard InChI is InChI=1S/C16H23N3/c1-5-17-15(16-18-10-11-19(16)6-2)14-9-7-8-12(3)13(14)4/h7-11,15,17H,5-6H2,1-4H3. The van der Waals surface area contributed by atoms with Crippen LogP contribution >= 0.6 is 0 Å². The van der Waals surface area contributed by atoms with E-state index in [9.17, 15) is 0 Å². The molecule has 0 aliphatic heterocycles. The maximum absolute atomic E-state index is 4.55. The van der Waals surface area contributed by atoms with Gasteiger partial charge in [0.25, 0.3) is 0 Å². The maximum Gasteiger partial charge on any atom is 0.130 e. The molecule has 19 heavy (non-hydrogen) atoms. The second-order valence-electron chi connectivity index (χ2n) is 4.85. The predicted octanol–water partition coefficient (Wildman–Crippen LogP) is 3.22. The summed E-state index contributed by atoms with van der Waals surface area (Å²) in [6.07, 6.45) is 3.93. The minimum atomic E-state index is 0.167. The number of aryl methyl sites for hydroxylation is 2. The van der Waals surface area contributed by atoms with Crippen molar-refractivity contribution in [2.75, 3.05) is 6.54 Å². The molecule has 0 aliphatic rings. The number of rotatable bonds is 5. The van der Waals surface area contributed by atoms with Gasteiger partial charge in [-0.25, -0.2) is 4.98 Å². The SMILES string of the molecule is CCNC(c1cccc(C)c1C)c1nccn1CC. The summed E-state index contributed by atoms with van der Waals surface area (Å²) in [5, 5.41) is 3.56. The Morgan fingerprint density at radius 1 is 1.26 bits per heavy atom. The molecule has 1 atom stereocenters. The number of aromatic nitrogens is 2. The number of nitrogens with zero attached hydrogens (tertiary/aromatic N) is 2. The van der Waals surface area contributed by atoms with E-state index in [1.54, 1.807) is 0 Å². The number of hydrogen-bond donors (Lipinski definition) is 1. The average Bonchev–Trinajstić information content (AvgIpc) is 2.88. The van der Waals surface area contributed by atoms with Crippen molar-refractivity contribution in [3.8, 4) is 0 Å². The van der Waals surface area contributed by atoms with Crippen molar-refractivity contribution in [3.05, 3.63) is 53.1 Å². The number of imidazole rings is 1. The normalized spacial score (nSPS) is 12.6. The number of benzene rings is 1. The summed E-state index contributed by atoms with van der Waals surface area (Å²) in [4.78, 5) is 4.55. The van der Waals surface area contributed by atoms with Crippen molar-refractivity contribution in [1.29, 1.82) is 0 Å². The zero-order chi connectivity index (χ0) is 13.8. The molecule has 2 rings (SSSR count). The molecule has 0 fully saturated rings. The molecule has 0 bridgehead atoms. The van der Waals surface area contributed by atoms with Crippen molar-refractivity contribution in [2.24, 2.45) is 0 Å². The minimum Gasteiger partial charge on any atom is -0.334 e. The highest BCUT2D eigenvalue weighted by Crippen LogP contribution is 2.25. The zero-order valence-electron chi connectivity index (χ0n) is 12.3. The van der Waals surface area contributed by atoms with E-state index >= 15 is 0 Å². The fourth-order valence-corrected chi connectivity index (χ4v) is 2.48. The van der Waals surface area contributed by atoms with Crippen LogP contribution in [0.3, 0.4) is 0 Å². The summed E-state index contributed by atoms with van der Waals surface area (Å²) in [6.45, 7) is 10.5. The molecule has 0 amide bonds. The average molecular weight is 257 g/mol. The third-order valence-electron chi connectivity index (χ3n) is 3.71. The van der Waals surface area contributed by atoms with E-state index < -0.39 is 0 Å². The van der Waals surface area contributed by atoms with Crippen LogP contribution in [0.4, 0.5) is 0 Å². The van der Waals surface area contributed by atoms with Gasteiger partial charge in [0, 0.05) is 18.9 Å². The van der Waals surface area contributed by atoms with Gasteiger partial charge in [-0.2, -0.15) is 0 Å². The van der Waals surface area contributed by atoms with Crippen molar-refractivity contribution < 1.29 is 0 Å². The summed E-state index contributed by atoms with van der Waals surface area (Å²) in [5.74, 6) is 1.10. The maximum atomic E-state index is 4.55. The molecule has 1 N–H and O–H groups in total. The second kappa shape index (κ2) is 6.02. The first-order valence-electron chi connectivity index (χ1n) is 6.99. The van der Waals surface area contributed by atoms with E-state index in [0.717, 1.165) is 18.9 Å². The third kappa shape index (κ3) is 2.71. The van der Waals surface area contributed by atoms with Crippen LogP contribution in [0, 0.1) is 13.8 Å². The highest BCUT2D eigenvalue weighted by atomic mass is 15.1. The molecule has 0 spiro atoms. The molecular weight excluding hydrogens is 234 g/mol. The highest BCUT2D eigenvalue weighted by molar-refractivity contribution is 5.38. The Bertz CT molecular complexity index is 543. The van der Waals surface area contributed by atoms with E-state index in [4.69, 9.17) is 0 Å². The molecule has 1 aromatic heterocycles. The van der Waals surface area contributed by atoms with Gasteiger partial charge in [-0.05, 0) is 44.0 Å². The van der Waals surface area contributed by atoms with Gasteiger partial charge < -0.3 is 9.88 Å². The Morgan fingerprint density at radius 2 is 2.05 bits per heavy atom. The summed E-state index contributed by atoms with van der Waals surface area (Å²) >= 11 is 0. The molecule has 1 unspecified atom stereocenters. The van der Waals surface area contributed by atoms with Crippen LogP contribution in [0.2, 0.25) is 0 Å². The van der Waals surface area contributed by atoms with Gasteiger partial charge in [0.2, 0.25) is 0 Å². The molecule has 1 aromatic carbocycles. The van der Waals surface area contributed by atoms with Crippen LogP contribution < -0.4 is 5.32 Å². The molecule has 1 heterocycles. The summed E-state index contributed by atoms with van der Waals surface area (Å²) in [7, 11) is 0. The highest BCUT2D eigenvalue weighted by Gasteiger charge is 2.19. The van der Waals surface area contributed by atoms with Gasteiger partial charge in [-0.15, -0.1) is 0 Å². The lowest BCUT2D eigenvalue weighted by molar-refractivity contribution is 0.557. The van der Waals surface area contributed by atoms with E-state index in [1.807, 2.05) is 12.4 Å². The lowest BCUT2D eigenvalue weighted by Gasteiger charge is -2.21. The summed E-state index contributed by atoms with van der Waals surface area (Å²) < 4.78 is 2.20. The Morgan fingerprint density at radius 3 is 2.74 bits per heavy atom. The lowest BCUT2D eigenvalue weighted by atomic mass is 9.97. The van der Waals surface area contributed by atoms with Gasteiger partial charge >= 0.3 is 0 Å². The smallest absolute Gasteiger partial charge is 0.130 e. The van der Waals surface area contributed by atoms with E-state index in [0.29, 0.717) is 0 Å². The molecule has 2 aromatic rings. The van der Waals surface area contributed by atoms with Crippen LogP contribution in [-0.4, -0.2) is 16.1 Å². The zero-order valence-corrected chi connectivity index (χ0v) is 12.3. The van der Waals surface area contributed by atoms with Crippen LogP contribution in [0.25, 0.3) is 0 Å². The molecule has 3 heteroatoms. The summed E-state index contributed by atoms with van der Waals surface area (Å²) in [5.41, 5.74) is 4.00. The van der Waals surface area contributed by atoms with Crippen LogP contribution in [-0.2, 0) is 6.54 Å². The van der Waals surface area contributed by atoms with Gasteiger partial charge in [0.15, 0.2) is 0 Å². The van der Waals surface area contributed by atoms with E-state index in [1.165, 1.54) is 16.7 Å². The van der Waals surface area contributed by atoms with Crippen molar-refractivity contribution in [2.45, 2.75) is 40.3 Å². The predicted molar refractivity (Wildman–Crippen MR) is 79.3 cm³/mol. The molecule has 0 saturated heterocycles. The monoisotopic (exact) mass is 257 g/mol. The fourth-order valence-electron chi connectivity index (χ4n) is 2.48. The Balaban J connectivity index is 2.48. The first kappa shape index (κ1) is 13.8. The number of nitrogens with one attached hydrogen (secondary N) is 1. The third-order valence-corrected chi connectivity index (χ3v) is 3.71. The summed E-state index contributed by atoms with van der Waals surface area (Å²) in [6, 6.07) is 6.65. The Hall–Kier alpha value is -1.61. The van der Waals surface area contributed by atoms with Crippen molar-refractivity contribution in [1.82, 2.24) is 14.9 Å². The lowest BCUT2D eigenvalue weighted by Crippen LogP contribution is -2.26. The van der Waals surface area contributed by atoms with Gasteiger partial charge in [-0.3, -0.25) is 0 Å². The van der Waals surface area contributed by atoms with Gasteiger partial charge in [0.1, 0.15) is 5.82 Å². The molecule has 0 saturated carbocycles. The van der Waals surface area contributed by atoms with Gasteiger partial charge in [0.05, 0.1) is 6.04 Å². The van der Waals surface area contributed by atoms with Crippen LogP contribution in [0.5, 0.6) is 0 Å². The largest absolute Gasteiger partial charge is 0.334 e. The second-order valence-corrected chi connectivity index (χ2v) is 4.85. The van der Waals surface area contributed by atoms with E-state index in [-0.39, 0.29) is 6.04 Å². The van der Waals surface area contributed by atoms with Crippen LogP contribution in [0.15, 0.2) is 30.6 Å². The first-order chi connectivity index (χ1) is 9.19. The molecule has 3 nitrogen and oxygen atoms in total. The molecule has 0 aliphatic carbocycles. The van der Waals surface area contributed by atoms with Crippen molar-refractivity contribution >= 4 is 0 Å². The molecule has 0 radical (unpaired) electrons. The number of hydrogen-bond acceptors (Lipinski definition) is 2. The Kier molecular flexibility index (Phi) is 4.38. The van der Waals surface area contributed by atoms with Crippen LogP contribution in [0.1, 0.15) is 42.4 Å². The van der Waals surface area contributed by atoms with E-state index in [2.05, 4.69) is 60.8 Å². The molecule has 102 valence electrons. The van der Waals surface area contributed by atoms with Gasteiger partial charge in [-0.1, -0.05) is 25.1 Å². The first-order valence-corrected chi connectivity index (χ1v) is 6.99. The quantitative estimate of drug-likeness (QED) is 0.891. The molecular formula is C16H23N3. The Labute approximate surface area is 115 Å². The topological polar surface area (TPSA) is 29.9 Å². The van der Waals surface area contributed by atoms with Crippen molar-refractivity contribution in [3.63, 3.8) is 0 Å². The minimum absolute atomic E-state index is 0.167. The fraction of sp³-hybridized carbons (Fsp3) is 0.438.